The highest BCUT2D eigenvalue weighted by molar-refractivity contribution is 5.93. The third kappa shape index (κ3) is 3.39. The van der Waals surface area contributed by atoms with Crippen LogP contribution in [0, 0.1) is 28.6 Å². The van der Waals surface area contributed by atoms with Crippen LogP contribution in [0.2, 0.25) is 0 Å². The lowest BCUT2D eigenvalue weighted by Gasteiger charge is -2.36. The van der Waals surface area contributed by atoms with Crippen LogP contribution < -0.4 is 5.32 Å². The van der Waals surface area contributed by atoms with Gasteiger partial charge in [-0.15, -0.1) is 0 Å². The Bertz CT molecular complexity index is 1240. The highest BCUT2D eigenvalue weighted by Gasteiger charge is 2.76. The smallest absolute Gasteiger partial charge is 0.268 e. The van der Waals surface area contributed by atoms with Gasteiger partial charge in [0.2, 0.25) is 11.8 Å². The largest absolute Gasteiger partial charge is 0.350 e. The molecule has 184 valence electrons. The third-order valence-corrected chi connectivity index (χ3v) is 9.83. The first-order chi connectivity index (χ1) is 16.9. The molecule has 7 rings (SSSR count). The van der Waals surface area contributed by atoms with Gasteiger partial charge in [0.15, 0.2) is 0 Å². The summed E-state index contributed by atoms with van der Waals surface area (Å²) in [5, 5.41) is 3.28. The molecule has 4 aliphatic carbocycles. The lowest BCUT2D eigenvalue weighted by molar-refractivity contribution is -0.138. The lowest BCUT2D eigenvalue weighted by atomic mass is 9.71. The van der Waals surface area contributed by atoms with Crippen LogP contribution in [0.15, 0.2) is 24.4 Å². The van der Waals surface area contributed by atoms with E-state index in [9.17, 15) is 14.4 Å². The number of amides is 3. The van der Waals surface area contributed by atoms with Gasteiger partial charge < -0.3 is 15.1 Å². The Labute approximate surface area is 205 Å². The summed E-state index contributed by atoms with van der Waals surface area (Å²) < 4.78 is 1.81. The molecule has 5 fully saturated rings. The number of aromatic nitrogens is 2. The Morgan fingerprint density at radius 2 is 1.89 bits per heavy atom. The number of hydrogen-bond donors (Lipinski definition) is 1. The van der Waals surface area contributed by atoms with Gasteiger partial charge in [0.1, 0.15) is 11.3 Å². The molecule has 1 N–H and O–H groups in total. The third-order valence-electron chi connectivity index (χ3n) is 9.83. The monoisotopic (exact) mass is 475 g/mol. The van der Waals surface area contributed by atoms with Crippen molar-refractivity contribution < 1.29 is 14.4 Å². The van der Waals surface area contributed by atoms with E-state index in [0.717, 1.165) is 24.3 Å². The molecule has 1 aliphatic heterocycles. The number of carbonyl (C=O) groups excluding carboxylic acids is 3. The predicted molar refractivity (Wildman–Crippen MR) is 128 cm³/mol. The molecular weight excluding hydrogens is 442 g/mol. The second kappa shape index (κ2) is 7.31. The van der Waals surface area contributed by atoms with Crippen molar-refractivity contribution in [2.24, 2.45) is 28.6 Å². The van der Waals surface area contributed by atoms with Gasteiger partial charge in [-0.25, -0.2) is 4.98 Å². The Morgan fingerprint density at radius 3 is 2.69 bits per heavy atom. The lowest BCUT2D eigenvalue weighted by Crippen LogP contribution is -2.50. The van der Waals surface area contributed by atoms with E-state index >= 15 is 0 Å². The minimum atomic E-state index is -0.0619. The summed E-state index contributed by atoms with van der Waals surface area (Å²) >= 11 is 0. The van der Waals surface area contributed by atoms with Crippen molar-refractivity contribution in [2.75, 3.05) is 32.7 Å². The molecule has 3 heterocycles. The van der Waals surface area contributed by atoms with E-state index in [1.54, 1.807) is 16.7 Å². The van der Waals surface area contributed by atoms with E-state index in [2.05, 4.69) is 10.3 Å². The van der Waals surface area contributed by atoms with Crippen LogP contribution in [0.3, 0.4) is 0 Å². The molecule has 4 saturated carbocycles. The first kappa shape index (κ1) is 21.4. The van der Waals surface area contributed by atoms with Crippen LogP contribution in [0.1, 0.15) is 55.2 Å². The average molecular weight is 476 g/mol. The van der Waals surface area contributed by atoms with Crippen LogP contribution in [0.25, 0.3) is 5.65 Å². The molecule has 1 spiro atoms. The van der Waals surface area contributed by atoms with Gasteiger partial charge in [-0.1, -0.05) is 6.07 Å². The van der Waals surface area contributed by atoms with Gasteiger partial charge in [0.05, 0.1) is 12.1 Å². The van der Waals surface area contributed by atoms with E-state index < -0.39 is 0 Å². The number of hydrogen-bond acceptors (Lipinski definition) is 4. The van der Waals surface area contributed by atoms with Crippen molar-refractivity contribution in [1.29, 1.82) is 0 Å². The van der Waals surface area contributed by atoms with Crippen LogP contribution in [0.5, 0.6) is 0 Å². The predicted octanol–water partition coefficient (Wildman–Crippen LogP) is 2.12. The average Bonchev–Trinajstić information content (AvgIpc) is 3.69. The second-order valence-electron chi connectivity index (χ2n) is 11.9. The molecule has 0 aromatic carbocycles. The molecule has 5 atom stereocenters. The molecule has 35 heavy (non-hydrogen) atoms. The molecule has 4 unspecified atom stereocenters. The molecule has 2 aromatic heterocycles. The number of carbonyl (C=O) groups is 3. The summed E-state index contributed by atoms with van der Waals surface area (Å²) in [5.41, 5.74) is 2.87. The zero-order valence-electron chi connectivity index (χ0n) is 20.3. The van der Waals surface area contributed by atoms with E-state index in [0.29, 0.717) is 54.0 Å². The SMILES string of the molecule is CC(=O)N1CCN(C(=O)Cc2cn3c(C(=O)NCC45CC6C[C@@H]6C6(CC6C4)C5)cccc3n2)CC1. The Hall–Kier alpha value is -2.90. The number of pyridine rings is 1. The molecule has 8 nitrogen and oxygen atoms in total. The van der Waals surface area contributed by atoms with Crippen molar-refractivity contribution in [2.45, 2.75) is 45.4 Å². The molecule has 2 aromatic rings. The van der Waals surface area contributed by atoms with E-state index in [1.807, 2.05) is 28.8 Å². The van der Waals surface area contributed by atoms with Crippen LogP contribution in [-0.2, 0) is 16.0 Å². The maximum atomic E-state index is 13.3. The number of piperazine rings is 1. The minimum absolute atomic E-state index is 0.00566. The summed E-state index contributed by atoms with van der Waals surface area (Å²) in [5.74, 6) is 2.82. The Kier molecular flexibility index (Phi) is 4.46. The molecule has 8 heteroatoms. The van der Waals surface area contributed by atoms with E-state index in [1.165, 1.54) is 32.1 Å². The van der Waals surface area contributed by atoms with Crippen molar-refractivity contribution in [3.8, 4) is 0 Å². The van der Waals surface area contributed by atoms with Crippen LogP contribution in [-0.4, -0.2) is 69.6 Å². The van der Waals surface area contributed by atoms with Gasteiger partial charge in [-0.05, 0) is 72.8 Å². The van der Waals surface area contributed by atoms with Crippen molar-refractivity contribution in [1.82, 2.24) is 24.5 Å². The zero-order chi connectivity index (χ0) is 23.9. The highest BCUT2D eigenvalue weighted by atomic mass is 16.2. The molecular formula is C27H33N5O3. The number of nitrogens with one attached hydrogen (secondary N) is 1. The van der Waals surface area contributed by atoms with Crippen molar-refractivity contribution in [3.63, 3.8) is 0 Å². The van der Waals surface area contributed by atoms with Crippen LogP contribution >= 0.6 is 0 Å². The molecule has 0 radical (unpaired) electrons. The van der Waals surface area contributed by atoms with Gasteiger partial charge in [0.25, 0.3) is 5.91 Å². The van der Waals surface area contributed by atoms with E-state index in [-0.39, 0.29) is 24.1 Å². The normalized spacial score (nSPS) is 34.4. The first-order valence-electron chi connectivity index (χ1n) is 13.1. The fraction of sp³-hybridized carbons (Fsp3) is 0.630. The van der Waals surface area contributed by atoms with Gasteiger partial charge in [-0.2, -0.15) is 0 Å². The number of nitrogens with zero attached hydrogens (tertiary/aromatic N) is 4. The van der Waals surface area contributed by atoms with Crippen molar-refractivity contribution >= 4 is 23.4 Å². The Morgan fingerprint density at radius 1 is 1.09 bits per heavy atom. The van der Waals surface area contributed by atoms with Gasteiger partial charge in [-0.3, -0.25) is 18.8 Å². The summed E-state index contributed by atoms with van der Waals surface area (Å²) in [6.07, 6.45) is 8.77. The maximum absolute atomic E-state index is 13.3. The molecule has 1 saturated heterocycles. The number of fused-ring (bicyclic) bond motifs is 3. The first-order valence-corrected chi connectivity index (χ1v) is 13.1. The quantitative estimate of drug-likeness (QED) is 0.718. The van der Waals surface area contributed by atoms with Crippen molar-refractivity contribution in [3.05, 3.63) is 35.8 Å². The molecule has 3 amide bonds. The standard InChI is InChI=1S/C27H33N5O3/c1-17(33)30-5-7-31(8-6-30)24(34)10-20-14-32-22(3-2-4-23(32)29-20)25(35)28-16-26-11-18-9-21(18)27(15-26)13-19(27)12-26/h2-4,14,18-19,21H,5-13,15-16H2,1H3,(H,28,35)/t18?,19?,21-,26?,27?/m0/s1. The van der Waals surface area contributed by atoms with Crippen LogP contribution in [0.4, 0.5) is 0 Å². The highest BCUT2D eigenvalue weighted by Crippen LogP contribution is 2.83. The summed E-state index contributed by atoms with van der Waals surface area (Å²) in [6, 6.07) is 5.56. The topological polar surface area (TPSA) is 87.0 Å². The second-order valence-corrected chi connectivity index (χ2v) is 11.9. The van der Waals surface area contributed by atoms with E-state index in [4.69, 9.17) is 0 Å². The maximum Gasteiger partial charge on any atom is 0.268 e. The summed E-state index contributed by atoms with van der Waals surface area (Å²) in [4.78, 5) is 45.8. The number of imidazole rings is 1. The fourth-order valence-electron chi connectivity index (χ4n) is 8.09. The van der Waals surface area contributed by atoms with Gasteiger partial charge >= 0.3 is 0 Å². The minimum Gasteiger partial charge on any atom is -0.350 e. The number of rotatable bonds is 5. The summed E-state index contributed by atoms with van der Waals surface area (Å²) in [7, 11) is 0. The molecule has 2 bridgehead atoms. The molecule has 5 aliphatic rings. The summed E-state index contributed by atoms with van der Waals surface area (Å²) in [6.45, 7) is 4.57. The zero-order valence-corrected chi connectivity index (χ0v) is 20.3. The Balaban J connectivity index is 1.02. The van der Waals surface area contributed by atoms with Gasteiger partial charge in [0, 0.05) is 45.8 Å². The fourth-order valence-corrected chi connectivity index (χ4v) is 8.09.